The number of alkyl halides is 3. The van der Waals surface area contributed by atoms with Crippen molar-refractivity contribution in [3.05, 3.63) is 29.3 Å². The summed E-state index contributed by atoms with van der Waals surface area (Å²) in [6, 6.07) is 5.45. The average Bonchev–Trinajstić information content (AvgIpc) is 2.38. The van der Waals surface area contributed by atoms with Gasteiger partial charge in [0.2, 0.25) is 0 Å². The molecule has 120 valence electrons. The Hall–Kier alpha value is -1.27. The first-order valence-electron chi connectivity index (χ1n) is 6.99. The van der Waals surface area contributed by atoms with Gasteiger partial charge in [0.05, 0.1) is 13.2 Å². The minimum absolute atomic E-state index is 0.0412. The maximum atomic E-state index is 12.0. The SMILES string of the molecule is CCOc1ccc(C(C)N)cc1COCCCC(F)(F)F. The highest BCUT2D eigenvalue weighted by molar-refractivity contribution is 5.38. The summed E-state index contributed by atoms with van der Waals surface area (Å²) >= 11 is 0. The average molecular weight is 305 g/mol. The van der Waals surface area contributed by atoms with Crippen LogP contribution in [0.5, 0.6) is 5.75 Å². The molecule has 3 nitrogen and oxygen atoms in total. The zero-order valence-corrected chi connectivity index (χ0v) is 12.4. The molecule has 1 aromatic carbocycles. The van der Waals surface area contributed by atoms with Crippen LogP contribution in [0.25, 0.3) is 0 Å². The molecule has 0 amide bonds. The summed E-state index contributed by atoms with van der Waals surface area (Å²) in [5.74, 6) is 0.678. The molecule has 0 aliphatic carbocycles. The zero-order chi connectivity index (χ0) is 15.9. The Morgan fingerprint density at radius 3 is 2.57 bits per heavy atom. The van der Waals surface area contributed by atoms with Crippen molar-refractivity contribution in [2.45, 2.75) is 45.5 Å². The van der Waals surface area contributed by atoms with Gasteiger partial charge in [-0.15, -0.1) is 0 Å². The molecule has 6 heteroatoms. The molecule has 2 N–H and O–H groups in total. The fraction of sp³-hybridized carbons (Fsp3) is 0.600. The highest BCUT2D eigenvalue weighted by atomic mass is 19.4. The first-order chi connectivity index (χ1) is 9.83. The fourth-order valence-corrected chi connectivity index (χ4v) is 1.85. The summed E-state index contributed by atoms with van der Waals surface area (Å²) in [6.45, 7) is 4.52. The lowest BCUT2D eigenvalue weighted by Gasteiger charge is -2.14. The molecule has 0 spiro atoms. The van der Waals surface area contributed by atoms with E-state index in [1.54, 1.807) is 0 Å². The van der Waals surface area contributed by atoms with Crippen LogP contribution in [0.3, 0.4) is 0 Å². The quantitative estimate of drug-likeness (QED) is 0.739. The van der Waals surface area contributed by atoms with Gasteiger partial charge in [-0.1, -0.05) is 6.07 Å². The van der Waals surface area contributed by atoms with Gasteiger partial charge in [0.1, 0.15) is 5.75 Å². The molecule has 0 fully saturated rings. The molecule has 21 heavy (non-hydrogen) atoms. The van der Waals surface area contributed by atoms with E-state index < -0.39 is 12.6 Å². The topological polar surface area (TPSA) is 44.5 Å². The summed E-state index contributed by atoms with van der Waals surface area (Å²) in [5.41, 5.74) is 7.57. The van der Waals surface area contributed by atoms with Gasteiger partial charge in [-0.25, -0.2) is 0 Å². The van der Waals surface area contributed by atoms with Crippen molar-refractivity contribution < 1.29 is 22.6 Å². The van der Waals surface area contributed by atoms with Gasteiger partial charge in [0.15, 0.2) is 0 Å². The molecule has 1 unspecified atom stereocenters. The van der Waals surface area contributed by atoms with E-state index in [0.29, 0.717) is 12.4 Å². The predicted octanol–water partition coefficient (Wildman–Crippen LogP) is 3.96. The number of benzene rings is 1. The molecule has 1 atom stereocenters. The van der Waals surface area contributed by atoms with Gasteiger partial charge in [0.25, 0.3) is 0 Å². The predicted molar refractivity (Wildman–Crippen MR) is 75.2 cm³/mol. The van der Waals surface area contributed by atoms with Crippen LogP contribution >= 0.6 is 0 Å². The molecule has 1 aromatic rings. The Morgan fingerprint density at radius 2 is 2.00 bits per heavy atom. The maximum absolute atomic E-state index is 12.0. The molecule has 0 radical (unpaired) electrons. The van der Waals surface area contributed by atoms with Gasteiger partial charge >= 0.3 is 6.18 Å². The smallest absolute Gasteiger partial charge is 0.389 e. The Kier molecular flexibility index (Phi) is 6.98. The van der Waals surface area contributed by atoms with E-state index in [9.17, 15) is 13.2 Å². The molecular weight excluding hydrogens is 283 g/mol. The number of rotatable bonds is 8. The van der Waals surface area contributed by atoms with E-state index in [1.165, 1.54) is 0 Å². The van der Waals surface area contributed by atoms with E-state index in [0.717, 1.165) is 11.1 Å². The second-order valence-electron chi connectivity index (χ2n) is 4.86. The fourth-order valence-electron chi connectivity index (χ4n) is 1.85. The number of hydrogen-bond acceptors (Lipinski definition) is 3. The third-order valence-corrected chi connectivity index (χ3v) is 2.92. The van der Waals surface area contributed by atoms with E-state index in [2.05, 4.69) is 0 Å². The van der Waals surface area contributed by atoms with Crippen molar-refractivity contribution in [3.63, 3.8) is 0 Å². The van der Waals surface area contributed by atoms with Gasteiger partial charge in [-0.2, -0.15) is 13.2 Å². The van der Waals surface area contributed by atoms with E-state index >= 15 is 0 Å². The lowest BCUT2D eigenvalue weighted by atomic mass is 10.1. The minimum atomic E-state index is -4.13. The van der Waals surface area contributed by atoms with Crippen molar-refractivity contribution in [2.24, 2.45) is 5.73 Å². The second kappa shape index (κ2) is 8.24. The highest BCUT2D eigenvalue weighted by Gasteiger charge is 2.25. The third kappa shape index (κ3) is 6.82. The largest absolute Gasteiger partial charge is 0.494 e. The van der Waals surface area contributed by atoms with Crippen LogP contribution < -0.4 is 10.5 Å². The third-order valence-electron chi connectivity index (χ3n) is 2.92. The molecule has 0 saturated carbocycles. The number of halogens is 3. The van der Waals surface area contributed by atoms with Gasteiger partial charge in [-0.05, 0) is 38.0 Å². The Labute approximate surface area is 123 Å². The molecule has 0 aliphatic rings. The number of nitrogens with two attached hydrogens (primary N) is 1. The van der Waals surface area contributed by atoms with Crippen molar-refractivity contribution in [1.29, 1.82) is 0 Å². The summed E-state index contributed by atoms with van der Waals surface area (Å²) in [5, 5.41) is 0. The molecular formula is C15H22F3NO2. The van der Waals surface area contributed by atoms with Crippen LogP contribution in [0, 0.1) is 0 Å². The lowest BCUT2D eigenvalue weighted by molar-refractivity contribution is -0.138. The summed E-state index contributed by atoms with van der Waals surface area (Å²) < 4.78 is 46.9. The van der Waals surface area contributed by atoms with Crippen molar-refractivity contribution in [2.75, 3.05) is 13.2 Å². The molecule has 0 saturated heterocycles. The summed E-state index contributed by atoms with van der Waals surface area (Å²) in [6.07, 6.45) is -5.00. The maximum Gasteiger partial charge on any atom is 0.389 e. The summed E-state index contributed by atoms with van der Waals surface area (Å²) in [7, 11) is 0. The van der Waals surface area contributed by atoms with Crippen molar-refractivity contribution in [3.8, 4) is 5.75 Å². The lowest BCUT2D eigenvalue weighted by Crippen LogP contribution is -2.09. The van der Waals surface area contributed by atoms with Gasteiger partial charge < -0.3 is 15.2 Å². The van der Waals surface area contributed by atoms with E-state index in [1.807, 2.05) is 32.0 Å². The van der Waals surface area contributed by atoms with Crippen LogP contribution in [0.2, 0.25) is 0 Å². The van der Waals surface area contributed by atoms with Crippen LogP contribution in [-0.4, -0.2) is 19.4 Å². The van der Waals surface area contributed by atoms with Gasteiger partial charge in [-0.3, -0.25) is 0 Å². The first kappa shape index (κ1) is 17.8. The monoisotopic (exact) mass is 305 g/mol. The molecule has 0 bridgehead atoms. The van der Waals surface area contributed by atoms with Crippen LogP contribution in [0.15, 0.2) is 18.2 Å². The van der Waals surface area contributed by atoms with Crippen molar-refractivity contribution in [1.82, 2.24) is 0 Å². The van der Waals surface area contributed by atoms with Crippen molar-refractivity contribution >= 4 is 0 Å². The second-order valence-corrected chi connectivity index (χ2v) is 4.86. The summed E-state index contributed by atoms with van der Waals surface area (Å²) in [4.78, 5) is 0. The van der Waals surface area contributed by atoms with E-state index in [-0.39, 0.29) is 25.7 Å². The number of ether oxygens (including phenoxy) is 2. The minimum Gasteiger partial charge on any atom is -0.494 e. The Bertz CT molecular complexity index is 433. The standard InChI is InChI=1S/C15H22F3NO2/c1-3-21-14-6-5-12(11(2)19)9-13(14)10-20-8-4-7-15(16,17)18/h5-6,9,11H,3-4,7-8,10,19H2,1-2H3. The highest BCUT2D eigenvalue weighted by Crippen LogP contribution is 2.24. The van der Waals surface area contributed by atoms with Crippen LogP contribution in [0.1, 0.15) is 43.9 Å². The van der Waals surface area contributed by atoms with Crippen LogP contribution in [0.4, 0.5) is 13.2 Å². The zero-order valence-electron chi connectivity index (χ0n) is 12.4. The Balaban J connectivity index is 2.56. The van der Waals surface area contributed by atoms with E-state index in [4.69, 9.17) is 15.2 Å². The molecule has 0 aliphatic heterocycles. The van der Waals surface area contributed by atoms with Crippen LogP contribution in [-0.2, 0) is 11.3 Å². The Morgan fingerprint density at radius 1 is 1.29 bits per heavy atom. The molecule has 0 heterocycles. The number of hydrogen-bond donors (Lipinski definition) is 1. The first-order valence-corrected chi connectivity index (χ1v) is 6.99. The normalized spacial score (nSPS) is 13.2. The molecule has 0 aromatic heterocycles. The van der Waals surface area contributed by atoms with Gasteiger partial charge in [0, 0.05) is 24.6 Å². The molecule has 1 rings (SSSR count).